The van der Waals surface area contributed by atoms with Gasteiger partial charge in [-0.3, -0.25) is 9.59 Å². The summed E-state index contributed by atoms with van der Waals surface area (Å²) in [6, 6.07) is 13.4. The van der Waals surface area contributed by atoms with Crippen molar-refractivity contribution in [3.05, 3.63) is 102 Å². The number of carbonyl (C=O) groups excluding carboxylic acids is 2. The van der Waals surface area contributed by atoms with E-state index < -0.39 is 23.5 Å². The predicted octanol–water partition coefficient (Wildman–Crippen LogP) is 9.32. The molecule has 1 saturated carbocycles. The number of anilines is 1. The highest BCUT2D eigenvalue weighted by molar-refractivity contribution is 9.10. The van der Waals surface area contributed by atoms with Crippen LogP contribution >= 0.6 is 62.3 Å². The Morgan fingerprint density at radius 1 is 0.974 bits per heavy atom. The van der Waals surface area contributed by atoms with Crippen LogP contribution in [0.15, 0.2) is 65.1 Å². The molecule has 1 aliphatic carbocycles. The first-order valence-electron chi connectivity index (χ1n) is 11.4. The Bertz CT molecular complexity index is 1450. The maximum atomic E-state index is 13.8. The summed E-state index contributed by atoms with van der Waals surface area (Å²) in [7, 11) is 0. The van der Waals surface area contributed by atoms with Gasteiger partial charge in [0.25, 0.3) is 5.91 Å². The second-order valence-electron chi connectivity index (χ2n) is 8.92. The lowest BCUT2D eigenvalue weighted by Crippen LogP contribution is -2.46. The molecule has 4 rings (SSSR count). The van der Waals surface area contributed by atoms with Gasteiger partial charge in [-0.15, -0.1) is 0 Å². The number of halogens is 8. The number of amides is 2. The van der Waals surface area contributed by atoms with E-state index in [2.05, 4.69) is 26.6 Å². The molecule has 0 heterocycles. The number of carbonyl (C=O) groups is 2. The largest absolute Gasteiger partial charge is 0.399 e. The van der Waals surface area contributed by atoms with E-state index in [1.807, 2.05) is 0 Å². The van der Waals surface area contributed by atoms with Crippen molar-refractivity contribution in [1.82, 2.24) is 5.32 Å². The molecule has 0 aliphatic heterocycles. The Balaban J connectivity index is 1.49. The quantitative estimate of drug-likeness (QED) is 0.245. The molecule has 1 unspecified atom stereocenters. The molecule has 1 atom stereocenters. The van der Waals surface area contributed by atoms with Crippen molar-refractivity contribution < 1.29 is 22.8 Å². The fourth-order valence-electron chi connectivity index (χ4n) is 3.83. The second-order valence-corrected chi connectivity index (χ2v) is 11.4. The normalized spacial score (nSPS) is 15.2. The number of hydrogen-bond acceptors (Lipinski definition) is 2. The van der Waals surface area contributed by atoms with Crippen molar-refractivity contribution in [2.75, 3.05) is 5.32 Å². The van der Waals surface area contributed by atoms with Gasteiger partial charge in [0.1, 0.15) is 5.54 Å². The summed E-state index contributed by atoms with van der Waals surface area (Å²) < 4.78 is 41.8. The molecule has 0 radical (unpaired) electrons. The van der Waals surface area contributed by atoms with Gasteiger partial charge in [-0.1, -0.05) is 70.7 Å². The summed E-state index contributed by atoms with van der Waals surface area (Å²) in [4.78, 5) is 25.8. The van der Waals surface area contributed by atoms with Crippen LogP contribution in [0.2, 0.25) is 20.1 Å². The summed E-state index contributed by atoms with van der Waals surface area (Å²) in [5.74, 6) is -2.87. The van der Waals surface area contributed by atoms with Crippen molar-refractivity contribution >= 4 is 85.9 Å². The van der Waals surface area contributed by atoms with Gasteiger partial charge >= 0.3 is 6.18 Å². The van der Waals surface area contributed by atoms with Crippen molar-refractivity contribution in [3.63, 3.8) is 0 Å². The van der Waals surface area contributed by atoms with Crippen LogP contribution in [0, 0.1) is 0 Å². The molecule has 0 spiro atoms. The molecule has 204 valence electrons. The minimum absolute atomic E-state index is 0.0281. The maximum absolute atomic E-state index is 13.8. The van der Waals surface area contributed by atoms with Crippen molar-refractivity contribution in [3.8, 4) is 0 Å². The average molecular weight is 681 g/mol. The van der Waals surface area contributed by atoms with Crippen LogP contribution < -0.4 is 10.6 Å². The van der Waals surface area contributed by atoms with E-state index in [0.717, 1.165) is 18.2 Å². The SMILES string of the molecule is O=C(NC1(C(=O)Nc2cccc(Cl)c2)CC1)c1ccc(/C=C/C(c2cc(Cl)c(Cl)c(Cl)c2)C(F)(F)F)cc1Br. The predicted molar refractivity (Wildman–Crippen MR) is 153 cm³/mol. The van der Waals surface area contributed by atoms with Gasteiger partial charge in [-0.05, 0) is 82.4 Å². The lowest BCUT2D eigenvalue weighted by atomic mass is 9.97. The van der Waals surface area contributed by atoms with Gasteiger partial charge in [0, 0.05) is 15.2 Å². The molecule has 1 aliphatic rings. The number of nitrogens with one attached hydrogen (secondary N) is 2. The zero-order valence-corrected chi connectivity index (χ0v) is 24.3. The third-order valence-electron chi connectivity index (χ3n) is 6.06. The molecule has 2 amide bonds. The second kappa shape index (κ2) is 11.7. The van der Waals surface area contributed by atoms with E-state index >= 15 is 0 Å². The molecule has 12 heteroatoms. The van der Waals surface area contributed by atoms with Gasteiger partial charge in [-0.2, -0.15) is 13.2 Å². The van der Waals surface area contributed by atoms with Crippen LogP contribution in [0.25, 0.3) is 6.08 Å². The molecule has 3 aromatic rings. The molecule has 39 heavy (non-hydrogen) atoms. The van der Waals surface area contributed by atoms with Gasteiger partial charge in [-0.25, -0.2) is 0 Å². The Labute approximate surface area is 250 Å². The van der Waals surface area contributed by atoms with E-state index in [1.165, 1.54) is 24.3 Å². The molecule has 3 aromatic carbocycles. The Hall–Kier alpha value is -2.23. The first-order chi connectivity index (χ1) is 18.3. The van der Waals surface area contributed by atoms with E-state index in [-0.39, 0.29) is 32.1 Å². The van der Waals surface area contributed by atoms with Gasteiger partial charge in [0.05, 0.1) is 26.5 Å². The fourth-order valence-corrected chi connectivity index (χ4v) is 5.21. The summed E-state index contributed by atoms with van der Waals surface area (Å²) in [6.45, 7) is 0. The van der Waals surface area contributed by atoms with E-state index in [9.17, 15) is 22.8 Å². The summed E-state index contributed by atoms with van der Waals surface area (Å²) in [5.41, 5.74) is -0.0979. The van der Waals surface area contributed by atoms with Crippen LogP contribution in [0.4, 0.5) is 18.9 Å². The first kappa shape index (κ1) is 29.7. The number of alkyl halides is 3. The van der Waals surface area contributed by atoms with Gasteiger partial charge in [0.15, 0.2) is 0 Å². The van der Waals surface area contributed by atoms with Crippen LogP contribution in [-0.2, 0) is 4.79 Å². The standard InChI is InChI=1S/C27H18BrCl4F3N2O2/c28-20-10-14(5-7-19(27(33,34)35)15-11-21(30)23(32)22(31)12-15)4-6-18(20)24(38)37-26(8-9-26)25(39)36-17-3-1-2-16(29)13-17/h1-7,10-13,19H,8-9H2,(H,36,39)(H,37,38)/b7-5+. The van der Waals surface area contributed by atoms with Crippen molar-refractivity contribution in [1.29, 1.82) is 0 Å². The Morgan fingerprint density at radius 3 is 2.21 bits per heavy atom. The van der Waals surface area contributed by atoms with E-state index in [1.54, 1.807) is 24.3 Å². The van der Waals surface area contributed by atoms with Crippen LogP contribution in [-0.4, -0.2) is 23.5 Å². The van der Waals surface area contributed by atoms with Crippen LogP contribution in [0.3, 0.4) is 0 Å². The lowest BCUT2D eigenvalue weighted by molar-refractivity contribution is -0.139. The average Bonchev–Trinajstić information content (AvgIpc) is 3.62. The highest BCUT2D eigenvalue weighted by atomic mass is 79.9. The smallest absolute Gasteiger partial charge is 0.338 e. The molecule has 2 N–H and O–H groups in total. The van der Waals surface area contributed by atoms with Crippen molar-refractivity contribution in [2.45, 2.75) is 30.5 Å². The van der Waals surface area contributed by atoms with Crippen LogP contribution in [0.1, 0.15) is 40.2 Å². The fraction of sp³-hybridized carbons (Fsp3) is 0.185. The van der Waals surface area contributed by atoms with E-state index in [0.29, 0.717) is 33.6 Å². The lowest BCUT2D eigenvalue weighted by Gasteiger charge is -2.19. The molecule has 4 nitrogen and oxygen atoms in total. The summed E-state index contributed by atoms with van der Waals surface area (Å²) in [6.07, 6.45) is -1.46. The summed E-state index contributed by atoms with van der Waals surface area (Å²) >= 11 is 27.0. The number of rotatable bonds is 7. The highest BCUT2D eigenvalue weighted by Gasteiger charge is 2.51. The molecular formula is C27H18BrCl4F3N2O2. The van der Waals surface area contributed by atoms with Gasteiger partial charge in [0.2, 0.25) is 5.91 Å². The molecule has 0 bridgehead atoms. The third-order valence-corrected chi connectivity index (χ3v) is 8.14. The third kappa shape index (κ3) is 7.11. The zero-order valence-electron chi connectivity index (χ0n) is 19.7. The Kier molecular flexibility index (Phi) is 8.93. The minimum Gasteiger partial charge on any atom is -0.338 e. The Morgan fingerprint density at radius 2 is 1.64 bits per heavy atom. The molecule has 0 aromatic heterocycles. The first-order valence-corrected chi connectivity index (χ1v) is 13.7. The molecular weight excluding hydrogens is 663 g/mol. The molecule has 1 fully saturated rings. The monoisotopic (exact) mass is 678 g/mol. The summed E-state index contributed by atoms with van der Waals surface area (Å²) in [5, 5.41) is 5.78. The minimum atomic E-state index is -4.63. The highest BCUT2D eigenvalue weighted by Crippen LogP contribution is 2.41. The van der Waals surface area contributed by atoms with Crippen molar-refractivity contribution in [2.24, 2.45) is 0 Å². The number of allylic oxidation sites excluding steroid dienone is 1. The number of hydrogen-bond donors (Lipinski definition) is 2. The van der Waals surface area contributed by atoms with Crippen LogP contribution in [0.5, 0.6) is 0 Å². The number of benzene rings is 3. The molecule has 0 saturated heterocycles. The van der Waals surface area contributed by atoms with E-state index in [4.69, 9.17) is 46.4 Å². The maximum Gasteiger partial charge on any atom is 0.399 e. The van der Waals surface area contributed by atoms with Gasteiger partial charge < -0.3 is 10.6 Å². The zero-order chi connectivity index (χ0) is 28.5. The topological polar surface area (TPSA) is 58.2 Å².